The first-order valence-electron chi connectivity index (χ1n) is 5.06. The lowest BCUT2D eigenvalue weighted by Crippen LogP contribution is -2.04. The molecule has 96 valence electrons. The summed E-state index contributed by atoms with van der Waals surface area (Å²) in [4.78, 5) is 0. The van der Waals surface area contributed by atoms with E-state index in [1.807, 2.05) is 30.3 Å². The summed E-state index contributed by atoms with van der Waals surface area (Å²) >= 11 is 0. The molecule has 1 heterocycles. The molecule has 18 heavy (non-hydrogen) atoms. The summed E-state index contributed by atoms with van der Waals surface area (Å²) in [5.41, 5.74) is 0.964. The molecule has 2 rings (SSSR count). The van der Waals surface area contributed by atoms with Crippen molar-refractivity contribution >= 4 is 10.1 Å². The number of hydrogen-bond acceptors (Lipinski definition) is 6. The van der Waals surface area contributed by atoms with Gasteiger partial charge in [0.05, 0.1) is 12.3 Å². The van der Waals surface area contributed by atoms with Gasteiger partial charge in [-0.15, -0.1) is 0 Å². The predicted octanol–water partition coefficient (Wildman–Crippen LogP) is 1.59. The average Bonchev–Trinajstić information content (AvgIpc) is 2.73. The first-order valence-corrected chi connectivity index (χ1v) is 6.87. The Labute approximate surface area is 104 Å². The summed E-state index contributed by atoms with van der Waals surface area (Å²) in [6, 6.07) is 10.7. The maximum atomic E-state index is 10.8. The standard InChI is InChI=1S/C11H11NO5S/c1-18(13,14)17-11-7-10(12-16-11)15-8-9-5-3-2-4-6-9/h2-7H,8H2,1H3. The van der Waals surface area contributed by atoms with Crippen LogP contribution in [0.5, 0.6) is 11.8 Å². The molecule has 1 aromatic heterocycles. The van der Waals surface area contributed by atoms with Gasteiger partial charge in [0.25, 0.3) is 5.88 Å². The highest BCUT2D eigenvalue weighted by molar-refractivity contribution is 7.86. The van der Waals surface area contributed by atoms with Crippen LogP contribution in [-0.4, -0.2) is 19.8 Å². The Kier molecular flexibility index (Phi) is 3.52. The number of rotatable bonds is 5. The van der Waals surface area contributed by atoms with Gasteiger partial charge in [-0.3, -0.25) is 0 Å². The third-order valence-electron chi connectivity index (χ3n) is 1.93. The minimum absolute atomic E-state index is 0.164. The normalized spacial score (nSPS) is 11.2. The maximum absolute atomic E-state index is 10.8. The molecular weight excluding hydrogens is 258 g/mol. The van der Waals surface area contributed by atoms with Gasteiger partial charge in [-0.05, 0) is 10.7 Å². The Hall–Kier alpha value is -2.02. The molecule has 0 saturated heterocycles. The predicted molar refractivity (Wildman–Crippen MR) is 62.7 cm³/mol. The van der Waals surface area contributed by atoms with Crippen LogP contribution in [0.2, 0.25) is 0 Å². The number of hydrogen-bond donors (Lipinski definition) is 0. The van der Waals surface area contributed by atoms with E-state index in [1.54, 1.807) is 0 Å². The highest BCUT2D eigenvalue weighted by Gasteiger charge is 2.11. The van der Waals surface area contributed by atoms with Crippen molar-refractivity contribution in [3.63, 3.8) is 0 Å². The molecule has 0 aliphatic carbocycles. The molecule has 0 unspecified atom stereocenters. The molecule has 0 spiro atoms. The van der Waals surface area contributed by atoms with E-state index in [1.165, 1.54) is 6.07 Å². The van der Waals surface area contributed by atoms with Gasteiger partial charge in [-0.1, -0.05) is 30.3 Å². The van der Waals surface area contributed by atoms with E-state index < -0.39 is 10.1 Å². The van der Waals surface area contributed by atoms with Crippen molar-refractivity contribution in [1.29, 1.82) is 0 Å². The summed E-state index contributed by atoms with van der Waals surface area (Å²) in [5, 5.41) is 3.53. The van der Waals surface area contributed by atoms with E-state index in [0.29, 0.717) is 6.61 Å². The van der Waals surface area contributed by atoms with Crippen molar-refractivity contribution in [1.82, 2.24) is 5.16 Å². The lowest BCUT2D eigenvalue weighted by molar-refractivity contribution is 0.258. The average molecular weight is 269 g/mol. The van der Waals surface area contributed by atoms with Crippen molar-refractivity contribution in [3.8, 4) is 11.8 Å². The molecule has 0 amide bonds. The van der Waals surface area contributed by atoms with Crippen molar-refractivity contribution in [3.05, 3.63) is 42.0 Å². The van der Waals surface area contributed by atoms with Crippen LogP contribution in [0, 0.1) is 0 Å². The molecule has 2 aromatic rings. The molecular formula is C11H11NO5S. The molecule has 0 aliphatic rings. The Bertz CT molecular complexity index is 605. The highest BCUT2D eigenvalue weighted by atomic mass is 32.2. The molecule has 0 bridgehead atoms. The van der Waals surface area contributed by atoms with Gasteiger partial charge in [0, 0.05) is 0 Å². The van der Waals surface area contributed by atoms with E-state index in [0.717, 1.165) is 11.8 Å². The minimum Gasteiger partial charge on any atom is -0.471 e. The largest absolute Gasteiger partial charge is 0.471 e. The lowest BCUT2D eigenvalue weighted by atomic mass is 10.2. The minimum atomic E-state index is -3.62. The summed E-state index contributed by atoms with van der Waals surface area (Å²) in [6.45, 7) is 0.311. The van der Waals surface area contributed by atoms with Crippen LogP contribution < -0.4 is 8.92 Å². The van der Waals surface area contributed by atoms with Gasteiger partial charge in [0.2, 0.25) is 0 Å². The molecule has 0 atom stereocenters. The van der Waals surface area contributed by atoms with Gasteiger partial charge in [-0.2, -0.15) is 8.42 Å². The number of benzene rings is 1. The lowest BCUT2D eigenvalue weighted by Gasteiger charge is -2.00. The summed E-state index contributed by atoms with van der Waals surface area (Å²) in [5.74, 6) is -0.0573. The third-order valence-corrected chi connectivity index (χ3v) is 2.40. The molecule has 6 nitrogen and oxygen atoms in total. The van der Waals surface area contributed by atoms with E-state index in [9.17, 15) is 8.42 Å². The van der Waals surface area contributed by atoms with Crippen LogP contribution in [0.25, 0.3) is 0 Å². The number of aromatic nitrogens is 1. The smallest absolute Gasteiger partial charge is 0.331 e. The van der Waals surface area contributed by atoms with Gasteiger partial charge in [-0.25, -0.2) is 0 Å². The topological polar surface area (TPSA) is 78.6 Å². The third kappa shape index (κ3) is 3.77. The van der Waals surface area contributed by atoms with Gasteiger partial charge < -0.3 is 13.4 Å². The monoisotopic (exact) mass is 269 g/mol. The number of nitrogens with zero attached hydrogens (tertiary/aromatic N) is 1. The zero-order valence-corrected chi connectivity index (χ0v) is 10.4. The van der Waals surface area contributed by atoms with Gasteiger partial charge in [0.15, 0.2) is 0 Å². The van der Waals surface area contributed by atoms with Crippen LogP contribution in [0.4, 0.5) is 0 Å². The summed E-state index contributed by atoms with van der Waals surface area (Å²) < 4.78 is 36.1. The maximum Gasteiger partial charge on any atom is 0.331 e. The molecule has 0 fully saturated rings. The molecule has 0 radical (unpaired) electrons. The fourth-order valence-corrected chi connectivity index (χ4v) is 1.61. The van der Waals surface area contributed by atoms with E-state index in [4.69, 9.17) is 4.74 Å². The Balaban J connectivity index is 1.95. The Morgan fingerprint density at radius 2 is 2.00 bits per heavy atom. The zero-order chi connectivity index (χ0) is 13.0. The van der Waals surface area contributed by atoms with E-state index in [2.05, 4.69) is 13.9 Å². The zero-order valence-electron chi connectivity index (χ0n) is 9.57. The van der Waals surface area contributed by atoms with Crippen LogP contribution in [0.15, 0.2) is 40.9 Å². The summed E-state index contributed by atoms with van der Waals surface area (Å²) in [6.07, 6.45) is 0.917. The quantitative estimate of drug-likeness (QED) is 0.767. The van der Waals surface area contributed by atoms with E-state index in [-0.39, 0.29) is 11.8 Å². The van der Waals surface area contributed by atoms with Crippen molar-refractivity contribution < 1.29 is 21.9 Å². The Morgan fingerprint density at radius 1 is 1.28 bits per heavy atom. The molecule has 1 aromatic carbocycles. The fourth-order valence-electron chi connectivity index (χ4n) is 1.23. The van der Waals surface area contributed by atoms with Crippen LogP contribution in [-0.2, 0) is 16.7 Å². The van der Waals surface area contributed by atoms with Crippen molar-refractivity contribution in [2.75, 3.05) is 6.26 Å². The first kappa shape index (κ1) is 12.4. The van der Waals surface area contributed by atoms with Crippen molar-refractivity contribution in [2.24, 2.45) is 0 Å². The van der Waals surface area contributed by atoms with Crippen LogP contribution in [0.1, 0.15) is 5.56 Å². The molecule has 0 aliphatic heterocycles. The second-order valence-corrected chi connectivity index (χ2v) is 5.12. The molecule has 7 heteroatoms. The van der Waals surface area contributed by atoms with Gasteiger partial charge >= 0.3 is 16.1 Å². The van der Waals surface area contributed by atoms with Crippen LogP contribution >= 0.6 is 0 Å². The van der Waals surface area contributed by atoms with Crippen molar-refractivity contribution in [2.45, 2.75) is 6.61 Å². The number of ether oxygens (including phenoxy) is 1. The SMILES string of the molecule is CS(=O)(=O)Oc1cc(OCc2ccccc2)no1. The molecule has 0 saturated carbocycles. The van der Waals surface area contributed by atoms with Crippen LogP contribution in [0.3, 0.4) is 0 Å². The van der Waals surface area contributed by atoms with Gasteiger partial charge in [0.1, 0.15) is 6.61 Å². The summed E-state index contributed by atoms with van der Waals surface area (Å²) in [7, 11) is -3.62. The second-order valence-electron chi connectivity index (χ2n) is 3.55. The molecule has 0 N–H and O–H groups in total. The Morgan fingerprint density at radius 3 is 2.67 bits per heavy atom. The fraction of sp³-hybridized carbons (Fsp3) is 0.182. The second kappa shape index (κ2) is 5.09. The highest BCUT2D eigenvalue weighted by Crippen LogP contribution is 2.20. The first-order chi connectivity index (χ1) is 8.53. The van der Waals surface area contributed by atoms with E-state index >= 15 is 0 Å².